The SMILES string of the molecule is C.C.C.CC(C)[C@H]1CC[C@H](C)C[C@@H]1OC(=O)Oc1cccc2c1[P@@](=O)(C(C)(C)C)CO2.CC(C)[C@H]1CC[C@H](C)C[C@@H]1OC(=O)Oc1cccc2c1[P@@](=O)(C(C)(C)C)CO2.CC(C)[C@H]1CC[C@H](C)C[C@@H]1OC(=O)Oc1cccc2c1[P@](=O)(C(C)(C)C)CO2. The lowest BCUT2D eigenvalue weighted by molar-refractivity contribution is -0.0142. The molecule has 0 N–H and O–H groups in total. The second-order valence-corrected chi connectivity index (χ2v) is 39.4. The fourth-order valence-electron chi connectivity index (χ4n) is 12.9. The normalized spacial score (nSPS) is 28.9. The first kappa shape index (κ1) is 75.0. The van der Waals surface area contributed by atoms with Gasteiger partial charge in [-0.2, -0.15) is 0 Å². The number of carbonyl (C=O) groups is 3. The third-order valence-corrected chi connectivity index (χ3v) is 30.1. The number of fused-ring (bicyclic) bond motifs is 3. The Balaban J connectivity index is 0.000000275. The number of carbonyl (C=O) groups excluding carboxylic acids is 3. The summed E-state index contributed by atoms with van der Waals surface area (Å²) in [6, 6.07) is 15.6. The van der Waals surface area contributed by atoms with Gasteiger partial charge in [-0.3, -0.25) is 0 Å². The summed E-state index contributed by atoms with van der Waals surface area (Å²) in [5, 5.41) is 0.126. The molecule has 9 rings (SSSR count). The van der Waals surface area contributed by atoms with Gasteiger partial charge in [0.1, 0.15) is 87.8 Å². The molecule has 87 heavy (non-hydrogen) atoms. The topological polar surface area (TPSA) is 185 Å². The Hall–Kier alpha value is -4.44. The van der Waals surface area contributed by atoms with E-state index in [0.29, 0.717) is 104 Å². The van der Waals surface area contributed by atoms with Crippen LogP contribution in [0.3, 0.4) is 0 Å². The van der Waals surface area contributed by atoms with Gasteiger partial charge >= 0.3 is 18.5 Å². The molecule has 0 saturated heterocycles. The molecular weight excluding hydrogens is 1160 g/mol. The van der Waals surface area contributed by atoms with Gasteiger partial charge in [0.05, 0.1) is 0 Å². The fraction of sp³-hybridized carbons (Fsp3) is 0.696. The fourth-order valence-corrected chi connectivity index (χ4v) is 20.3. The Bertz CT molecular complexity index is 2650. The zero-order valence-corrected chi connectivity index (χ0v) is 56.3. The predicted molar refractivity (Wildman–Crippen MR) is 354 cm³/mol. The Labute approximate surface area is 524 Å². The van der Waals surface area contributed by atoms with Crippen molar-refractivity contribution in [1.29, 1.82) is 0 Å². The van der Waals surface area contributed by atoms with Gasteiger partial charge in [0, 0.05) is 15.5 Å². The van der Waals surface area contributed by atoms with E-state index in [2.05, 4.69) is 62.3 Å². The Morgan fingerprint density at radius 3 is 0.851 bits per heavy atom. The molecule has 6 aliphatic rings. The van der Waals surface area contributed by atoms with Gasteiger partial charge in [-0.15, -0.1) is 0 Å². The molecular formula is C69H111O15P3. The van der Waals surface area contributed by atoms with Crippen LogP contribution in [0.2, 0.25) is 0 Å². The van der Waals surface area contributed by atoms with E-state index in [1.165, 1.54) is 0 Å². The van der Waals surface area contributed by atoms with E-state index >= 15 is 0 Å². The largest absolute Gasteiger partial charge is 0.514 e. The van der Waals surface area contributed by atoms with Gasteiger partial charge in [0.15, 0.2) is 21.4 Å². The van der Waals surface area contributed by atoms with E-state index in [0.717, 1.165) is 57.8 Å². The third kappa shape index (κ3) is 16.8. The second-order valence-electron chi connectivity index (χ2n) is 28.9. The van der Waals surface area contributed by atoms with Crippen LogP contribution in [0.4, 0.5) is 14.4 Å². The van der Waals surface area contributed by atoms with Crippen LogP contribution in [0.5, 0.6) is 34.5 Å². The van der Waals surface area contributed by atoms with E-state index in [4.69, 9.17) is 42.6 Å². The quantitative estimate of drug-likeness (QED) is 0.0852. The van der Waals surface area contributed by atoms with Crippen LogP contribution in [0.15, 0.2) is 54.6 Å². The number of rotatable bonds is 9. The minimum atomic E-state index is -2.87. The Kier molecular flexibility index (Phi) is 25.6. The Morgan fingerprint density at radius 2 is 0.644 bits per heavy atom. The lowest BCUT2D eigenvalue weighted by Crippen LogP contribution is -2.36. The molecule has 0 unspecified atom stereocenters. The van der Waals surface area contributed by atoms with E-state index in [9.17, 15) is 28.1 Å². The summed E-state index contributed by atoms with van der Waals surface area (Å²) >= 11 is 0. The van der Waals surface area contributed by atoms with Crippen molar-refractivity contribution in [3.8, 4) is 34.5 Å². The van der Waals surface area contributed by atoms with E-state index in [-0.39, 0.29) is 59.6 Å². The van der Waals surface area contributed by atoms with Crippen molar-refractivity contribution in [3.05, 3.63) is 54.6 Å². The highest BCUT2D eigenvalue weighted by Crippen LogP contribution is 2.65. The van der Waals surface area contributed by atoms with Crippen LogP contribution in [0, 0.1) is 53.3 Å². The standard InChI is InChI=1S/3C22H33O5P.3CH4/c3*1-14(2)16-11-10-15(3)12-19(16)27-21(23)26-18-9-7-8-17-20(18)28(24,13-25-17)22(4,5)6;;;/h3*7-9,14-16,19H,10-13H2,1-6H3;3*1H4/t2*15-,16+,19-,28+;15-,16+,19-,28-;;;/m000.../s1. The molecule has 492 valence electrons. The Morgan fingerprint density at radius 1 is 0.414 bits per heavy atom. The van der Waals surface area contributed by atoms with Gasteiger partial charge in [0.2, 0.25) is 0 Å². The summed E-state index contributed by atoms with van der Waals surface area (Å²) in [7, 11) is -8.62. The predicted octanol–water partition coefficient (Wildman–Crippen LogP) is 19.3. The molecule has 12 atom stereocenters. The summed E-state index contributed by atoms with van der Waals surface area (Å²) in [5.41, 5.74) is 0. The average molecular weight is 1270 g/mol. The maximum absolute atomic E-state index is 13.7. The molecule has 0 radical (unpaired) electrons. The smallest absolute Gasteiger partial charge is 0.485 e. The van der Waals surface area contributed by atoms with Crippen LogP contribution >= 0.6 is 21.4 Å². The molecule has 0 spiro atoms. The van der Waals surface area contributed by atoms with Gasteiger partial charge in [-0.25, -0.2) is 14.4 Å². The number of ether oxygens (including phenoxy) is 9. The summed E-state index contributed by atoms with van der Waals surface area (Å²) in [5.74, 6) is 6.45. The first-order valence-electron chi connectivity index (χ1n) is 30.8. The van der Waals surface area contributed by atoms with E-state index in [1.54, 1.807) is 54.6 Å². The molecule has 0 amide bonds. The zero-order chi connectivity index (χ0) is 62.1. The molecule has 3 aromatic rings. The summed E-state index contributed by atoms with van der Waals surface area (Å²) in [6.07, 6.45) is 7.07. The van der Waals surface area contributed by atoms with Crippen molar-refractivity contribution in [2.45, 2.75) is 238 Å². The second kappa shape index (κ2) is 29.7. The highest BCUT2D eigenvalue weighted by atomic mass is 31.2. The van der Waals surface area contributed by atoms with Gasteiger partial charge in [0.25, 0.3) is 0 Å². The van der Waals surface area contributed by atoms with Gasteiger partial charge in [-0.1, -0.05) is 184 Å². The third-order valence-electron chi connectivity index (χ3n) is 18.6. The minimum absolute atomic E-state index is 0. The maximum atomic E-state index is 13.7. The van der Waals surface area contributed by atoms with Crippen LogP contribution in [0.1, 0.15) is 205 Å². The van der Waals surface area contributed by atoms with Crippen molar-refractivity contribution >= 4 is 55.8 Å². The van der Waals surface area contributed by atoms with Gasteiger partial charge in [-0.05, 0) is 128 Å². The lowest BCUT2D eigenvalue weighted by atomic mass is 9.75. The van der Waals surface area contributed by atoms with Crippen molar-refractivity contribution in [2.24, 2.45) is 53.3 Å². The summed E-state index contributed by atoms with van der Waals surface area (Å²) < 4.78 is 92.2. The van der Waals surface area contributed by atoms with Crippen LogP contribution in [-0.4, -0.2) is 71.3 Å². The lowest BCUT2D eigenvalue weighted by Gasteiger charge is -2.36. The number of benzene rings is 3. The molecule has 3 heterocycles. The molecule has 3 aliphatic carbocycles. The molecule has 0 bridgehead atoms. The van der Waals surface area contributed by atoms with Gasteiger partial charge < -0.3 is 56.3 Å². The first-order chi connectivity index (χ1) is 39.1. The highest BCUT2D eigenvalue weighted by Gasteiger charge is 2.51. The number of hydrogen-bond acceptors (Lipinski definition) is 15. The first-order valence-corrected chi connectivity index (χ1v) is 36.5. The minimum Gasteiger partial charge on any atom is -0.485 e. The molecule has 3 fully saturated rings. The zero-order valence-electron chi connectivity index (χ0n) is 53.6. The van der Waals surface area contributed by atoms with Crippen molar-refractivity contribution in [1.82, 2.24) is 0 Å². The monoisotopic (exact) mass is 1270 g/mol. The van der Waals surface area contributed by atoms with Crippen LogP contribution in [-0.2, 0) is 27.9 Å². The van der Waals surface area contributed by atoms with Crippen molar-refractivity contribution < 1.29 is 70.7 Å². The number of hydrogen-bond donors (Lipinski definition) is 0. The molecule has 3 aliphatic heterocycles. The molecule has 15 nitrogen and oxygen atoms in total. The van der Waals surface area contributed by atoms with E-state index in [1.807, 2.05) is 62.3 Å². The van der Waals surface area contributed by atoms with Crippen molar-refractivity contribution in [3.63, 3.8) is 0 Å². The van der Waals surface area contributed by atoms with Crippen molar-refractivity contribution in [2.75, 3.05) is 19.0 Å². The molecule has 3 saturated carbocycles. The molecule has 3 aromatic carbocycles. The molecule has 0 aromatic heterocycles. The highest BCUT2D eigenvalue weighted by molar-refractivity contribution is 7.74. The maximum Gasteiger partial charge on any atom is 0.514 e. The average Bonchev–Trinajstić information content (AvgIpc) is 2.51. The summed E-state index contributed by atoms with van der Waals surface area (Å²) in [4.78, 5) is 37.9. The molecule has 18 heteroatoms. The summed E-state index contributed by atoms with van der Waals surface area (Å²) in [6.45, 7) is 37.0. The van der Waals surface area contributed by atoms with Crippen LogP contribution in [0.25, 0.3) is 0 Å². The van der Waals surface area contributed by atoms with Crippen LogP contribution < -0.4 is 44.3 Å². The van der Waals surface area contributed by atoms with E-state index < -0.39 is 55.4 Å².